The number of benzene rings is 1. The van der Waals surface area contributed by atoms with E-state index < -0.39 is 11.6 Å². The van der Waals surface area contributed by atoms with E-state index in [1.54, 1.807) is 0 Å². The van der Waals surface area contributed by atoms with Crippen LogP contribution in [0.15, 0.2) is 24.3 Å². The summed E-state index contributed by atoms with van der Waals surface area (Å²) in [4.78, 5) is 10.9. The highest BCUT2D eigenvalue weighted by Gasteiger charge is 2.35. The van der Waals surface area contributed by atoms with Crippen molar-refractivity contribution in [1.82, 2.24) is 5.32 Å². The maximum Gasteiger partial charge on any atom is 0.306 e. The molecular weight excluding hydrogens is 290 g/mol. The first-order valence-electron chi connectivity index (χ1n) is 7.34. The average molecular weight is 312 g/mol. The summed E-state index contributed by atoms with van der Waals surface area (Å²) in [7, 11) is 0. The molecule has 1 fully saturated rings. The topological polar surface area (TPSA) is 69.6 Å². The van der Waals surface area contributed by atoms with Crippen LogP contribution in [0.3, 0.4) is 0 Å². The number of hydrogen-bond acceptors (Lipinski definition) is 3. The van der Waals surface area contributed by atoms with E-state index in [0.717, 1.165) is 5.56 Å². The molecule has 0 heterocycles. The third-order valence-corrected chi connectivity index (χ3v) is 4.62. The summed E-state index contributed by atoms with van der Waals surface area (Å²) >= 11 is 5.87. The van der Waals surface area contributed by atoms with Crippen molar-refractivity contribution >= 4 is 17.6 Å². The first kappa shape index (κ1) is 16.3. The Morgan fingerprint density at radius 3 is 2.48 bits per heavy atom. The minimum atomic E-state index is -0.799. The zero-order valence-electron chi connectivity index (χ0n) is 12.2. The van der Waals surface area contributed by atoms with Crippen molar-refractivity contribution < 1.29 is 15.0 Å². The fourth-order valence-electron chi connectivity index (χ4n) is 2.79. The molecular formula is C16H22ClNO3. The average Bonchev–Trinajstić information content (AvgIpc) is 2.46. The fourth-order valence-corrected chi connectivity index (χ4v) is 2.92. The molecule has 0 spiro atoms. The Bertz CT molecular complexity index is 481. The van der Waals surface area contributed by atoms with E-state index in [4.69, 9.17) is 16.7 Å². The van der Waals surface area contributed by atoms with E-state index in [-0.39, 0.29) is 12.0 Å². The van der Waals surface area contributed by atoms with Crippen LogP contribution < -0.4 is 5.32 Å². The lowest BCUT2D eigenvalue weighted by atomic mass is 9.78. The second kappa shape index (κ2) is 6.77. The van der Waals surface area contributed by atoms with Crippen LogP contribution in [0.4, 0.5) is 0 Å². The first-order valence-corrected chi connectivity index (χ1v) is 7.71. The van der Waals surface area contributed by atoms with E-state index in [1.165, 1.54) is 0 Å². The standard InChI is InChI=1S/C16H22ClNO3/c1-11(12-2-4-14(17)5-3-12)18-10-16(21)8-6-13(7-9-16)15(19)20/h2-5,11,13,18,21H,6-10H2,1H3,(H,19,20)/t11-,13?,16?/m0/s1. The molecule has 3 N–H and O–H groups in total. The van der Waals surface area contributed by atoms with Crippen molar-refractivity contribution in [3.8, 4) is 0 Å². The molecule has 1 saturated carbocycles. The van der Waals surface area contributed by atoms with Crippen LogP contribution >= 0.6 is 11.6 Å². The van der Waals surface area contributed by atoms with Crippen LogP contribution in [0.2, 0.25) is 5.02 Å². The minimum Gasteiger partial charge on any atom is -0.481 e. The van der Waals surface area contributed by atoms with Crippen molar-refractivity contribution in [2.75, 3.05) is 6.54 Å². The van der Waals surface area contributed by atoms with Gasteiger partial charge >= 0.3 is 5.97 Å². The van der Waals surface area contributed by atoms with Crippen LogP contribution in [0, 0.1) is 5.92 Å². The Hall–Kier alpha value is -1.10. The summed E-state index contributed by atoms with van der Waals surface area (Å²) in [5.41, 5.74) is 0.314. The molecule has 0 aromatic heterocycles. The maximum atomic E-state index is 10.9. The quantitative estimate of drug-likeness (QED) is 0.782. The van der Waals surface area contributed by atoms with Gasteiger partial charge in [-0.1, -0.05) is 23.7 Å². The summed E-state index contributed by atoms with van der Waals surface area (Å²) in [5, 5.41) is 23.6. The third-order valence-electron chi connectivity index (χ3n) is 4.37. The Morgan fingerprint density at radius 2 is 1.95 bits per heavy atom. The molecule has 2 rings (SSSR count). The Labute approximate surface area is 130 Å². The van der Waals surface area contributed by atoms with Crippen molar-refractivity contribution in [2.24, 2.45) is 5.92 Å². The number of carboxylic acid groups (broad SMARTS) is 1. The Balaban J connectivity index is 1.85. The molecule has 0 amide bonds. The molecule has 4 nitrogen and oxygen atoms in total. The number of aliphatic carboxylic acids is 1. The first-order chi connectivity index (χ1) is 9.89. The lowest BCUT2D eigenvalue weighted by Crippen LogP contribution is -2.45. The molecule has 1 aromatic rings. The minimum absolute atomic E-state index is 0.114. The van der Waals surface area contributed by atoms with E-state index in [9.17, 15) is 9.90 Å². The molecule has 0 aliphatic heterocycles. The second-order valence-corrected chi connectivity index (χ2v) is 6.43. The van der Waals surface area contributed by atoms with Crippen LogP contribution in [-0.4, -0.2) is 28.3 Å². The Morgan fingerprint density at radius 1 is 1.38 bits per heavy atom. The van der Waals surface area contributed by atoms with Gasteiger partial charge in [0.2, 0.25) is 0 Å². The van der Waals surface area contributed by atoms with E-state index in [1.807, 2.05) is 31.2 Å². The lowest BCUT2D eigenvalue weighted by Gasteiger charge is -2.35. The van der Waals surface area contributed by atoms with Gasteiger partial charge in [0, 0.05) is 17.6 Å². The van der Waals surface area contributed by atoms with Gasteiger partial charge in [0.05, 0.1) is 11.5 Å². The van der Waals surface area contributed by atoms with Gasteiger partial charge in [-0.05, 0) is 50.3 Å². The highest BCUT2D eigenvalue weighted by atomic mass is 35.5. The van der Waals surface area contributed by atoms with Crippen molar-refractivity contribution in [2.45, 2.75) is 44.2 Å². The van der Waals surface area contributed by atoms with Crippen molar-refractivity contribution in [1.29, 1.82) is 0 Å². The molecule has 1 aliphatic rings. The predicted octanol–water partition coefficient (Wildman–Crippen LogP) is 3.00. The van der Waals surface area contributed by atoms with Crippen LogP contribution in [0.5, 0.6) is 0 Å². The summed E-state index contributed by atoms with van der Waals surface area (Å²) < 4.78 is 0. The summed E-state index contributed by atoms with van der Waals surface area (Å²) in [6.45, 7) is 2.51. The third kappa shape index (κ3) is 4.43. The van der Waals surface area contributed by atoms with Crippen molar-refractivity contribution in [3.63, 3.8) is 0 Å². The number of aliphatic hydroxyl groups is 1. The summed E-state index contributed by atoms with van der Waals surface area (Å²) in [6, 6.07) is 7.74. The smallest absolute Gasteiger partial charge is 0.306 e. The van der Waals surface area contributed by atoms with Gasteiger partial charge in [0.1, 0.15) is 0 Å². The zero-order chi connectivity index (χ0) is 15.5. The zero-order valence-corrected chi connectivity index (χ0v) is 12.9. The van der Waals surface area contributed by atoms with Gasteiger partial charge in [-0.2, -0.15) is 0 Å². The molecule has 1 atom stereocenters. The van der Waals surface area contributed by atoms with E-state index in [2.05, 4.69) is 5.32 Å². The van der Waals surface area contributed by atoms with Crippen LogP contribution in [0.1, 0.15) is 44.2 Å². The number of hydrogen-bond donors (Lipinski definition) is 3. The molecule has 0 radical (unpaired) electrons. The molecule has 0 bridgehead atoms. The van der Waals surface area contributed by atoms with Crippen LogP contribution in [0.25, 0.3) is 0 Å². The van der Waals surface area contributed by atoms with Crippen LogP contribution in [-0.2, 0) is 4.79 Å². The highest BCUT2D eigenvalue weighted by molar-refractivity contribution is 6.30. The molecule has 0 unspecified atom stereocenters. The molecule has 21 heavy (non-hydrogen) atoms. The maximum absolute atomic E-state index is 10.9. The number of halogens is 1. The normalized spacial score (nSPS) is 27.3. The summed E-state index contributed by atoms with van der Waals surface area (Å²) in [6.07, 6.45) is 2.15. The monoisotopic (exact) mass is 311 g/mol. The van der Waals surface area contributed by atoms with Gasteiger partial charge in [0.15, 0.2) is 0 Å². The van der Waals surface area contributed by atoms with E-state index >= 15 is 0 Å². The van der Waals surface area contributed by atoms with Gasteiger partial charge in [-0.25, -0.2) is 0 Å². The number of carbonyl (C=O) groups is 1. The predicted molar refractivity (Wildman–Crippen MR) is 82.4 cm³/mol. The highest BCUT2D eigenvalue weighted by Crippen LogP contribution is 2.32. The van der Waals surface area contributed by atoms with E-state index in [0.29, 0.717) is 37.3 Å². The summed E-state index contributed by atoms with van der Waals surface area (Å²) in [5.74, 6) is -1.06. The molecule has 1 aliphatic carbocycles. The Kier molecular flexibility index (Phi) is 5.25. The molecule has 5 heteroatoms. The number of rotatable bonds is 5. The molecule has 1 aromatic carbocycles. The fraction of sp³-hybridized carbons (Fsp3) is 0.562. The van der Waals surface area contributed by atoms with Crippen molar-refractivity contribution in [3.05, 3.63) is 34.9 Å². The van der Waals surface area contributed by atoms with Gasteiger partial charge in [0.25, 0.3) is 0 Å². The largest absolute Gasteiger partial charge is 0.481 e. The second-order valence-electron chi connectivity index (χ2n) is 5.99. The molecule has 116 valence electrons. The SMILES string of the molecule is C[C@H](NCC1(O)CCC(C(=O)O)CC1)c1ccc(Cl)cc1. The number of carboxylic acids is 1. The van der Waals surface area contributed by atoms with Gasteiger partial charge in [-0.15, -0.1) is 0 Å². The molecule has 0 saturated heterocycles. The lowest BCUT2D eigenvalue weighted by molar-refractivity contribution is -0.144. The van der Waals surface area contributed by atoms with Gasteiger partial charge < -0.3 is 15.5 Å². The number of nitrogens with one attached hydrogen (secondary N) is 1. The van der Waals surface area contributed by atoms with Gasteiger partial charge in [-0.3, -0.25) is 4.79 Å².